The monoisotopic (exact) mass is 255 g/mol. The summed E-state index contributed by atoms with van der Waals surface area (Å²) in [6.07, 6.45) is 2.87. The number of hydrogen-bond acceptors (Lipinski definition) is 1. The van der Waals surface area contributed by atoms with E-state index in [0.29, 0.717) is 11.1 Å². The summed E-state index contributed by atoms with van der Waals surface area (Å²) >= 11 is 0. The van der Waals surface area contributed by atoms with Crippen molar-refractivity contribution in [2.45, 2.75) is 59.0 Å². The maximum Gasteiger partial charge on any atom is 0.163 e. The molecule has 3 heteroatoms. The molecule has 0 saturated heterocycles. The summed E-state index contributed by atoms with van der Waals surface area (Å²) in [4.78, 5) is 0. The van der Waals surface area contributed by atoms with Crippen molar-refractivity contribution >= 4 is 0 Å². The van der Waals surface area contributed by atoms with E-state index in [1.165, 1.54) is 0 Å². The number of aryl methyl sites for hydroxylation is 1. The SMILES string of the molecule is CCCCC(NC(C)C)c1ccc(C)c(F)c1F. The van der Waals surface area contributed by atoms with Gasteiger partial charge in [0.1, 0.15) is 0 Å². The molecule has 1 nitrogen and oxygen atoms in total. The quantitative estimate of drug-likeness (QED) is 0.789. The first kappa shape index (κ1) is 15.1. The number of benzene rings is 1. The van der Waals surface area contributed by atoms with E-state index in [0.717, 1.165) is 19.3 Å². The Bertz CT molecular complexity index is 388. The maximum atomic E-state index is 14.0. The number of nitrogens with one attached hydrogen (secondary N) is 1. The average molecular weight is 255 g/mol. The number of hydrogen-bond donors (Lipinski definition) is 1. The summed E-state index contributed by atoms with van der Waals surface area (Å²) in [6.45, 7) is 7.71. The standard InChI is InChI=1S/C15H23F2N/c1-5-6-7-13(18-10(2)3)12-9-8-11(4)14(16)15(12)17/h8-10,13,18H,5-7H2,1-4H3. The lowest BCUT2D eigenvalue weighted by Gasteiger charge is -2.22. The molecule has 0 saturated carbocycles. The topological polar surface area (TPSA) is 12.0 Å². The van der Waals surface area contributed by atoms with Crippen molar-refractivity contribution in [2.24, 2.45) is 0 Å². The van der Waals surface area contributed by atoms with Crippen LogP contribution in [0.5, 0.6) is 0 Å². The molecule has 0 fully saturated rings. The average Bonchev–Trinajstić information content (AvgIpc) is 2.31. The molecule has 0 amide bonds. The molecule has 1 atom stereocenters. The van der Waals surface area contributed by atoms with Crippen LogP contribution in [-0.2, 0) is 0 Å². The van der Waals surface area contributed by atoms with Crippen LogP contribution in [0.2, 0.25) is 0 Å². The van der Waals surface area contributed by atoms with Gasteiger partial charge in [0, 0.05) is 17.6 Å². The lowest BCUT2D eigenvalue weighted by Crippen LogP contribution is -2.29. The van der Waals surface area contributed by atoms with Crippen LogP contribution < -0.4 is 5.32 Å². The van der Waals surface area contributed by atoms with Gasteiger partial charge >= 0.3 is 0 Å². The van der Waals surface area contributed by atoms with Gasteiger partial charge in [-0.15, -0.1) is 0 Å². The molecule has 1 rings (SSSR count). The Morgan fingerprint density at radius 1 is 1.17 bits per heavy atom. The van der Waals surface area contributed by atoms with Gasteiger partial charge in [-0.05, 0) is 18.9 Å². The predicted molar refractivity (Wildman–Crippen MR) is 71.6 cm³/mol. The summed E-state index contributed by atoms with van der Waals surface area (Å²) in [5.41, 5.74) is 0.801. The van der Waals surface area contributed by atoms with Gasteiger partial charge in [-0.2, -0.15) is 0 Å². The van der Waals surface area contributed by atoms with Crippen molar-refractivity contribution in [3.8, 4) is 0 Å². The molecule has 1 unspecified atom stereocenters. The van der Waals surface area contributed by atoms with Crippen molar-refractivity contribution in [1.29, 1.82) is 0 Å². The summed E-state index contributed by atoms with van der Waals surface area (Å²) in [6, 6.07) is 3.48. The fourth-order valence-electron chi connectivity index (χ4n) is 2.07. The van der Waals surface area contributed by atoms with Crippen LogP contribution in [0.4, 0.5) is 8.78 Å². The fraction of sp³-hybridized carbons (Fsp3) is 0.600. The fourth-order valence-corrected chi connectivity index (χ4v) is 2.07. The van der Waals surface area contributed by atoms with Gasteiger partial charge in [0.15, 0.2) is 11.6 Å². The van der Waals surface area contributed by atoms with Gasteiger partial charge < -0.3 is 5.32 Å². The zero-order valence-corrected chi connectivity index (χ0v) is 11.7. The minimum atomic E-state index is -0.723. The molecule has 18 heavy (non-hydrogen) atoms. The van der Waals surface area contributed by atoms with E-state index >= 15 is 0 Å². The second-order valence-corrected chi connectivity index (χ2v) is 5.12. The summed E-state index contributed by atoms with van der Waals surface area (Å²) in [5.74, 6) is -1.43. The zero-order chi connectivity index (χ0) is 13.7. The van der Waals surface area contributed by atoms with Gasteiger partial charge in [-0.25, -0.2) is 8.78 Å². The van der Waals surface area contributed by atoms with Crippen molar-refractivity contribution in [3.05, 3.63) is 34.9 Å². The molecule has 0 heterocycles. The molecular weight excluding hydrogens is 232 g/mol. The second kappa shape index (κ2) is 6.83. The van der Waals surface area contributed by atoms with Gasteiger partial charge in [-0.1, -0.05) is 45.7 Å². The largest absolute Gasteiger partial charge is 0.308 e. The Balaban J connectivity index is 3.00. The van der Waals surface area contributed by atoms with Crippen molar-refractivity contribution in [1.82, 2.24) is 5.32 Å². The molecule has 0 aliphatic rings. The third kappa shape index (κ3) is 3.77. The molecule has 1 aromatic carbocycles. The predicted octanol–water partition coefficient (Wildman–Crippen LogP) is 4.50. The van der Waals surface area contributed by atoms with Crippen LogP contribution >= 0.6 is 0 Å². The number of rotatable bonds is 6. The lowest BCUT2D eigenvalue weighted by atomic mass is 9.98. The first-order valence-corrected chi connectivity index (χ1v) is 6.67. The lowest BCUT2D eigenvalue weighted by molar-refractivity contribution is 0.411. The summed E-state index contributed by atoms with van der Waals surface area (Å²) < 4.78 is 27.6. The van der Waals surface area contributed by atoms with E-state index < -0.39 is 11.6 Å². The minimum Gasteiger partial charge on any atom is -0.308 e. The highest BCUT2D eigenvalue weighted by Crippen LogP contribution is 2.25. The smallest absolute Gasteiger partial charge is 0.163 e. The molecule has 1 aromatic rings. The van der Waals surface area contributed by atoms with Crippen LogP contribution in [0.15, 0.2) is 12.1 Å². The maximum absolute atomic E-state index is 14.0. The molecule has 102 valence electrons. The second-order valence-electron chi connectivity index (χ2n) is 5.12. The van der Waals surface area contributed by atoms with Crippen LogP contribution in [-0.4, -0.2) is 6.04 Å². The first-order chi connectivity index (χ1) is 8.47. The van der Waals surface area contributed by atoms with Crippen molar-refractivity contribution < 1.29 is 8.78 Å². The molecule has 0 bridgehead atoms. The molecular formula is C15H23F2N. The first-order valence-electron chi connectivity index (χ1n) is 6.67. The van der Waals surface area contributed by atoms with Crippen LogP contribution in [0.25, 0.3) is 0 Å². The molecule has 0 aliphatic carbocycles. The summed E-state index contributed by atoms with van der Waals surface area (Å²) in [7, 11) is 0. The zero-order valence-electron chi connectivity index (χ0n) is 11.7. The van der Waals surface area contributed by atoms with Crippen LogP contribution in [0.1, 0.15) is 57.2 Å². The van der Waals surface area contributed by atoms with Crippen molar-refractivity contribution in [2.75, 3.05) is 0 Å². The van der Waals surface area contributed by atoms with E-state index in [-0.39, 0.29) is 12.1 Å². The van der Waals surface area contributed by atoms with E-state index in [9.17, 15) is 8.78 Å². The highest BCUT2D eigenvalue weighted by Gasteiger charge is 2.19. The molecule has 0 aromatic heterocycles. The van der Waals surface area contributed by atoms with Gasteiger partial charge in [0.2, 0.25) is 0 Å². The Kier molecular flexibility index (Phi) is 5.73. The normalized spacial score (nSPS) is 13.1. The highest BCUT2D eigenvalue weighted by molar-refractivity contribution is 5.28. The number of halogens is 2. The highest BCUT2D eigenvalue weighted by atomic mass is 19.2. The van der Waals surface area contributed by atoms with Gasteiger partial charge in [0.25, 0.3) is 0 Å². The van der Waals surface area contributed by atoms with Crippen LogP contribution in [0.3, 0.4) is 0 Å². The van der Waals surface area contributed by atoms with Crippen molar-refractivity contribution in [3.63, 3.8) is 0 Å². The van der Waals surface area contributed by atoms with Gasteiger partial charge in [-0.3, -0.25) is 0 Å². The van der Waals surface area contributed by atoms with E-state index in [2.05, 4.69) is 12.2 Å². The van der Waals surface area contributed by atoms with E-state index in [1.807, 2.05) is 13.8 Å². The summed E-state index contributed by atoms with van der Waals surface area (Å²) in [5, 5.41) is 3.31. The Hall–Kier alpha value is -0.960. The minimum absolute atomic E-state index is 0.111. The molecule has 1 N–H and O–H groups in total. The van der Waals surface area contributed by atoms with Crippen LogP contribution in [0, 0.1) is 18.6 Å². The van der Waals surface area contributed by atoms with E-state index in [1.54, 1.807) is 19.1 Å². The Morgan fingerprint density at radius 3 is 2.39 bits per heavy atom. The van der Waals surface area contributed by atoms with Gasteiger partial charge in [0.05, 0.1) is 0 Å². The molecule has 0 aliphatic heterocycles. The molecule has 0 spiro atoms. The third-order valence-corrected chi connectivity index (χ3v) is 3.06. The van der Waals surface area contributed by atoms with E-state index in [4.69, 9.17) is 0 Å². The third-order valence-electron chi connectivity index (χ3n) is 3.06. The molecule has 0 radical (unpaired) electrons. The Labute approximate surface area is 109 Å². The number of unbranched alkanes of at least 4 members (excludes halogenated alkanes) is 1. The Morgan fingerprint density at radius 2 is 1.83 bits per heavy atom.